The maximum Gasteiger partial charge on any atom is 0.196 e. The number of rotatable bonds is 2. The number of anilines is 2. The van der Waals surface area contributed by atoms with Gasteiger partial charge in [-0.3, -0.25) is 0 Å². The Morgan fingerprint density at radius 2 is 1.76 bits per heavy atom. The minimum absolute atomic E-state index is 0.168. The van der Waals surface area contributed by atoms with E-state index in [1.807, 2.05) is 0 Å². The van der Waals surface area contributed by atoms with E-state index in [4.69, 9.17) is 0 Å². The molecule has 0 fully saturated rings. The molecule has 1 N–H and O–H groups in total. The number of aromatic nitrogens is 1. The monoisotopic (exact) mass is 302 g/mol. The molecule has 0 aliphatic heterocycles. The summed E-state index contributed by atoms with van der Waals surface area (Å²) in [6.45, 7) is 0. The number of pyridine rings is 1. The molecule has 0 bridgehead atoms. The first-order chi connectivity index (χ1) is 8.08. The molecule has 0 spiro atoms. The number of hydrogen-bond donors (Lipinski definition) is 1. The van der Waals surface area contributed by atoms with Crippen molar-refractivity contribution < 1.29 is 13.2 Å². The van der Waals surface area contributed by atoms with E-state index in [-0.39, 0.29) is 5.69 Å². The summed E-state index contributed by atoms with van der Waals surface area (Å²) in [5, 5.41) is 2.55. The highest BCUT2D eigenvalue weighted by Gasteiger charge is 2.13. The van der Waals surface area contributed by atoms with Crippen LogP contribution in [0.3, 0.4) is 0 Å². The van der Waals surface area contributed by atoms with Crippen LogP contribution in [0.25, 0.3) is 0 Å². The van der Waals surface area contributed by atoms with E-state index in [9.17, 15) is 13.2 Å². The van der Waals surface area contributed by atoms with Gasteiger partial charge >= 0.3 is 0 Å². The van der Waals surface area contributed by atoms with Crippen molar-refractivity contribution in [2.24, 2.45) is 0 Å². The van der Waals surface area contributed by atoms with Crippen LogP contribution in [0.2, 0.25) is 0 Å². The summed E-state index contributed by atoms with van der Waals surface area (Å²) in [5.74, 6) is -3.67. The molecule has 0 aliphatic rings. The quantitative estimate of drug-likeness (QED) is 0.848. The van der Waals surface area contributed by atoms with E-state index in [1.54, 1.807) is 12.1 Å². The van der Waals surface area contributed by atoms with Crippen molar-refractivity contribution in [2.75, 3.05) is 5.32 Å². The van der Waals surface area contributed by atoms with Crippen molar-refractivity contribution in [2.45, 2.75) is 0 Å². The van der Waals surface area contributed by atoms with Gasteiger partial charge in [0.25, 0.3) is 0 Å². The Hall–Kier alpha value is -1.56. The number of nitrogens with zero attached hydrogens (tertiary/aromatic N) is 1. The highest BCUT2D eigenvalue weighted by Crippen LogP contribution is 2.23. The molecule has 1 heterocycles. The van der Waals surface area contributed by atoms with Crippen molar-refractivity contribution in [3.05, 3.63) is 52.4 Å². The fraction of sp³-hybridized carbons (Fsp3) is 0. The van der Waals surface area contributed by atoms with E-state index >= 15 is 0 Å². The van der Waals surface area contributed by atoms with Gasteiger partial charge in [0.05, 0.1) is 5.69 Å². The smallest absolute Gasteiger partial charge is 0.196 e. The number of halogens is 4. The van der Waals surface area contributed by atoms with Gasteiger partial charge in [0.1, 0.15) is 5.82 Å². The van der Waals surface area contributed by atoms with Crippen molar-refractivity contribution in [3.63, 3.8) is 0 Å². The maximum absolute atomic E-state index is 13.3. The number of hydrogen-bond acceptors (Lipinski definition) is 2. The third-order valence-corrected chi connectivity index (χ3v) is 2.49. The third-order valence-electron chi connectivity index (χ3n) is 2.03. The predicted molar refractivity (Wildman–Crippen MR) is 61.5 cm³/mol. The molecule has 0 aliphatic carbocycles. The van der Waals surface area contributed by atoms with E-state index in [0.717, 1.165) is 16.6 Å². The normalized spacial score (nSPS) is 10.4. The molecular formula is C11H6BrF3N2. The predicted octanol–water partition coefficient (Wildman–Crippen LogP) is 4.01. The molecule has 1 aromatic carbocycles. The molecule has 2 aromatic rings. The zero-order chi connectivity index (χ0) is 12.4. The lowest BCUT2D eigenvalue weighted by Gasteiger charge is -2.07. The molecule has 6 heteroatoms. The second-order valence-electron chi connectivity index (χ2n) is 3.21. The van der Waals surface area contributed by atoms with Gasteiger partial charge in [-0.15, -0.1) is 0 Å². The molecule has 0 amide bonds. The first-order valence-electron chi connectivity index (χ1n) is 4.60. The van der Waals surface area contributed by atoms with Crippen LogP contribution in [-0.4, -0.2) is 4.98 Å². The van der Waals surface area contributed by atoms with Gasteiger partial charge in [-0.1, -0.05) is 0 Å². The summed E-state index contributed by atoms with van der Waals surface area (Å²) < 4.78 is 39.7. The standard InChI is InChI=1S/C11H6BrF3N2/c12-6-1-4-9(16-5-6)17-8-3-2-7(13)10(14)11(8)15/h1-5H,(H,16,17). The molecule has 0 atom stereocenters. The molecule has 2 nitrogen and oxygen atoms in total. The summed E-state index contributed by atoms with van der Waals surface area (Å²) >= 11 is 3.19. The lowest BCUT2D eigenvalue weighted by Crippen LogP contribution is -1.99. The minimum Gasteiger partial charge on any atom is -0.338 e. The first kappa shape index (κ1) is 11.9. The van der Waals surface area contributed by atoms with Crippen LogP contribution in [0, 0.1) is 17.5 Å². The summed E-state index contributed by atoms with van der Waals surface area (Å²) in [7, 11) is 0. The fourth-order valence-corrected chi connectivity index (χ4v) is 1.44. The lowest BCUT2D eigenvalue weighted by atomic mass is 10.2. The van der Waals surface area contributed by atoms with Crippen molar-refractivity contribution in [1.29, 1.82) is 0 Å². The Balaban J connectivity index is 2.30. The Kier molecular flexibility index (Phi) is 3.33. The van der Waals surface area contributed by atoms with Gasteiger partial charge in [-0.25, -0.2) is 18.2 Å². The van der Waals surface area contributed by atoms with Gasteiger partial charge < -0.3 is 5.32 Å². The number of nitrogens with one attached hydrogen (secondary N) is 1. The maximum atomic E-state index is 13.3. The number of benzene rings is 1. The summed E-state index contributed by atoms with van der Waals surface area (Å²) in [6.07, 6.45) is 1.50. The molecule has 1 aromatic heterocycles. The fourth-order valence-electron chi connectivity index (χ4n) is 1.21. The molecule has 88 valence electrons. The molecule has 0 saturated heterocycles. The van der Waals surface area contributed by atoms with Crippen LogP contribution in [0.1, 0.15) is 0 Å². The average Bonchev–Trinajstić information content (AvgIpc) is 2.33. The molecule has 17 heavy (non-hydrogen) atoms. The van der Waals surface area contributed by atoms with E-state index in [0.29, 0.717) is 5.82 Å². The zero-order valence-electron chi connectivity index (χ0n) is 8.35. The van der Waals surface area contributed by atoms with E-state index in [1.165, 1.54) is 6.20 Å². The van der Waals surface area contributed by atoms with Gasteiger partial charge in [-0.2, -0.15) is 0 Å². The van der Waals surface area contributed by atoms with Crippen molar-refractivity contribution >= 4 is 27.4 Å². The van der Waals surface area contributed by atoms with Crippen LogP contribution >= 0.6 is 15.9 Å². The van der Waals surface area contributed by atoms with E-state index in [2.05, 4.69) is 26.2 Å². The lowest BCUT2D eigenvalue weighted by molar-refractivity contribution is 0.449. The van der Waals surface area contributed by atoms with Crippen LogP contribution in [0.15, 0.2) is 34.9 Å². The van der Waals surface area contributed by atoms with Crippen LogP contribution in [0.4, 0.5) is 24.7 Å². The van der Waals surface area contributed by atoms with Crippen LogP contribution in [-0.2, 0) is 0 Å². The van der Waals surface area contributed by atoms with Gasteiger partial charge in [-0.05, 0) is 40.2 Å². The minimum atomic E-state index is -1.51. The largest absolute Gasteiger partial charge is 0.338 e. The van der Waals surface area contributed by atoms with Crippen molar-refractivity contribution in [3.8, 4) is 0 Å². The SMILES string of the molecule is Fc1ccc(Nc2ccc(Br)cn2)c(F)c1F. The highest BCUT2D eigenvalue weighted by atomic mass is 79.9. The summed E-state index contributed by atoms with van der Waals surface area (Å²) in [6, 6.07) is 5.22. The highest BCUT2D eigenvalue weighted by molar-refractivity contribution is 9.10. The van der Waals surface area contributed by atoms with Gasteiger partial charge in [0, 0.05) is 10.7 Å². The molecule has 0 radical (unpaired) electrons. The summed E-state index contributed by atoms with van der Waals surface area (Å²) in [5.41, 5.74) is -0.168. The Bertz CT molecular complexity index is 543. The zero-order valence-corrected chi connectivity index (χ0v) is 9.93. The van der Waals surface area contributed by atoms with Gasteiger partial charge in [0.15, 0.2) is 17.5 Å². The summed E-state index contributed by atoms with van der Waals surface area (Å²) in [4.78, 5) is 3.93. The third kappa shape index (κ3) is 2.58. The van der Waals surface area contributed by atoms with Gasteiger partial charge in [0.2, 0.25) is 0 Å². The molecular weight excluding hydrogens is 297 g/mol. The topological polar surface area (TPSA) is 24.9 Å². The second-order valence-corrected chi connectivity index (χ2v) is 4.13. The average molecular weight is 303 g/mol. The van der Waals surface area contributed by atoms with Crippen LogP contribution in [0.5, 0.6) is 0 Å². The Morgan fingerprint density at radius 3 is 2.41 bits per heavy atom. The van der Waals surface area contributed by atoms with Crippen LogP contribution < -0.4 is 5.32 Å². The Morgan fingerprint density at radius 1 is 1.00 bits per heavy atom. The molecule has 2 rings (SSSR count). The second kappa shape index (κ2) is 4.75. The molecule has 0 saturated carbocycles. The van der Waals surface area contributed by atoms with Crippen molar-refractivity contribution in [1.82, 2.24) is 4.98 Å². The Labute approximate surface area is 104 Å². The van der Waals surface area contributed by atoms with E-state index < -0.39 is 17.5 Å². The first-order valence-corrected chi connectivity index (χ1v) is 5.39. The molecule has 0 unspecified atom stereocenters.